The van der Waals surface area contributed by atoms with Gasteiger partial charge in [0, 0.05) is 17.7 Å². The molecule has 2 aromatic carbocycles. The van der Waals surface area contributed by atoms with E-state index in [1.807, 2.05) is 0 Å². The van der Waals surface area contributed by atoms with Crippen LogP contribution in [-0.4, -0.2) is 6.61 Å². The van der Waals surface area contributed by atoms with Crippen LogP contribution in [0.3, 0.4) is 0 Å². The van der Waals surface area contributed by atoms with Gasteiger partial charge in [-0.1, -0.05) is 77.2 Å². The van der Waals surface area contributed by atoms with Gasteiger partial charge < -0.3 is 4.74 Å². The average molecular weight is 428 g/mol. The molecule has 1 aliphatic rings. The predicted octanol–water partition coefficient (Wildman–Crippen LogP) is 8.76. The van der Waals surface area contributed by atoms with E-state index in [1.54, 1.807) is 18.2 Å². The molecule has 1 radical (unpaired) electrons. The summed E-state index contributed by atoms with van der Waals surface area (Å²) in [5.41, 5.74) is 1.07. The van der Waals surface area contributed by atoms with Gasteiger partial charge in [0.1, 0.15) is 17.4 Å². The van der Waals surface area contributed by atoms with Crippen LogP contribution >= 0.6 is 0 Å². The van der Waals surface area contributed by atoms with Crippen LogP contribution in [0, 0.1) is 29.5 Å². The van der Waals surface area contributed by atoms with E-state index in [0.717, 1.165) is 12.0 Å². The topological polar surface area (TPSA) is 9.23 Å². The molecule has 0 N–H and O–H groups in total. The Labute approximate surface area is 187 Å². The second kappa shape index (κ2) is 12.8. The van der Waals surface area contributed by atoms with Gasteiger partial charge in [0.05, 0.1) is 6.61 Å². The lowest BCUT2D eigenvalue weighted by Crippen LogP contribution is -2.20. The number of hydrogen-bond donors (Lipinski definition) is 0. The van der Waals surface area contributed by atoms with E-state index < -0.39 is 11.6 Å². The molecule has 169 valence electrons. The third kappa shape index (κ3) is 7.94. The van der Waals surface area contributed by atoms with Crippen molar-refractivity contribution in [2.45, 2.75) is 84.0 Å². The van der Waals surface area contributed by atoms with Crippen LogP contribution in [0.15, 0.2) is 36.4 Å². The molecule has 31 heavy (non-hydrogen) atoms. The maximum Gasteiger partial charge on any atom is 0.133 e. The Morgan fingerprint density at radius 3 is 2.32 bits per heavy atom. The largest absolute Gasteiger partial charge is 0.493 e. The fourth-order valence-electron chi connectivity index (χ4n) is 4.70. The van der Waals surface area contributed by atoms with Gasteiger partial charge in [-0.25, -0.2) is 8.78 Å². The summed E-state index contributed by atoms with van der Waals surface area (Å²) in [6.45, 7) is 2.96. The Bertz CT molecular complexity index is 780. The number of hydrogen-bond acceptors (Lipinski definition) is 1. The van der Waals surface area contributed by atoms with Gasteiger partial charge in [-0.2, -0.15) is 0 Å². The van der Waals surface area contributed by atoms with Crippen molar-refractivity contribution < 1.29 is 13.5 Å². The summed E-state index contributed by atoms with van der Waals surface area (Å²) in [5.74, 6) is 0.985. The van der Waals surface area contributed by atoms with Crippen LogP contribution in [0.5, 0.6) is 5.75 Å². The fourth-order valence-corrected chi connectivity index (χ4v) is 4.70. The molecule has 0 heterocycles. The molecule has 0 saturated heterocycles. The zero-order valence-electron chi connectivity index (χ0n) is 19.0. The first-order chi connectivity index (χ1) is 15.2. The molecule has 0 aliphatic heterocycles. The average Bonchev–Trinajstić information content (AvgIpc) is 2.78. The molecular formula is C28H37F2O. The van der Waals surface area contributed by atoms with Gasteiger partial charge in [0.15, 0.2) is 0 Å². The van der Waals surface area contributed by atoms with Crippen molar-refractivity contribution in [2.75, 3.05) is 6.61 Å². The summed E-state index contributed by atoms with van der Waals surface area (Å²) in [5, 5.41) is 0. The maximum absolute atomic E-state index is 14.1. The molecule has 1 saturated carbocycles. The van der Waals surface area contributed by atoms with E-state index in [1.165, 1.54) is 89.2 Å². The predicted molar refractivity (Wildman–Crippen MR) is 124 cm³/mol. The van der Waals surface area contributed by atoms with Crippen molar-refractivity contribution in [3.05, 3.63) is 54.1 Å². The monoisotopic (exact) mass is 427 g/mol. The van der Waals surface area contributed by atoms with Crippen molar-refractivity contribution in [2.24, 2.45) is 11.8 Å². The summed E-state index contributed by atoms with van der Waals surface area (Å²) >= 11 is 0. The van der Waals surface area contributed by atoms with E-state index in [4.69, 9.17) is 4.74 Å². The quantitative estimate of drug-likeness (QED) is 0.308. The van der Waals surface area contributed by atoms with Gasteiger partial charge in [0.25, 0.3) is 0 Å². The number of halogens is 2. The van der Waals surface area contributed by atoms with Crippen LogP contribution in [0.1, 0.15) is 84.0 Å². The smallest absolute Gasteiger partial charge is 0.133 e. The van der Waals surface area contributed by atoms with Gasteiger partial charge in [-0.3, -0.25) is 0 Å². The number of rotatable bonds is 12. The molecule has 0 amide bonds. The Morgan fingerprint density at radius 1 is 0.871 bits per heavy atom. The highest BCUT2D eigenvalue weighted by Crippen LogP contribution is 2.33. The Balaban J connectivity index is 1.36. The summed E-state index contributed by atoms with van der Waals surface area (Å²) in [6, 6.07) is 12.1. The third-order valence-electron chi connectivity index (χ3n) is 6.67. The Morgan fingerprint density at radius 2 is 1.58 bits per heavy atom. The third-order valence-corrected chi connectivity index (χ3v) is 6.67. The summed E-state index contributed by atoms with van der Waals surface area (Å²) in [7, 11) is 0. The molecule has 0 unspecified atom stereocenters. The molecule has 0 aromatic heterocycles. The molecule has 3 rings (SSSR count). The minimum atomic E-state index is -0.567. The zero-order valence-corrected chi connectivity index (χ0v) is 19.0. The molecule has 2 aromatic rings. The summed E-state index contributed by atoms with van der Waals surface area (Å²) in [4.78, 5) is 0. The molecule has 3 heteroatoms. The van der Waals surface area contributed by atoms with Crippen molar-refractivity contribution >= 4 is 0 Å². The lowest BCUT2D eigenvalue weighted by Gasteiger charge is -2.28. The lowest BCUT2D eigenvalue weighted by molar-refractivity contribution is 0.177. The second-order valence-electron chi connectivity index (χ2n) is 9.17. The van der Waals surface area contributed by atoms with E-state index in [2.05, 4.69) is 13.0 Å². The second-order valence-corrected chi connectivity index (χ2v) is 9.17. The standard InChI is InChI=1S/C28H37F2O/c1-2-3-4-5-6-7-8-10-22-13-15-23(16-14-22)21-31-26-12-9-11-24(19-26)27-18-17-25(29)20-28(27)30/h9,11,17-20,22-23H,2-8,10,13-16,21H2,1H3/t22-,23-. The Kier molecular flexibility index (Phi) is 9.84. The van der Waals surface area contributed by atoms with Gasteiger partial charge in [-0.05, 0) is 54.5 Å². The van der Waals surface area contributed by atoms with Crippen LogP contribution in [0.25, 0.3) is 11.1 Å². The first kappa shape index (κ1) is 23.8. The van der Waals surface area contributed by atoms with E-state index in [9.17, 15) is 8.78 Å². The first-order valence-electron chi connectivity index (χ1n) is 12.3. The normalized spacial score (nSPS) is 18.8. The van der Waals surface area contributed by atoms with Gasteiger partial charge >= 0.3 is 0 Å². The van der Waals surface area contributed by atoms with E-state index in [-0.39, 0.29) is 0 Å². The molecule has 0 spiro atoms. The minimum absolute atomic E-state index is 0.381. The summed E-state index contributed by atoms with van der Waals surface area (Å²) in [6.07, 6.45) is 16.2. The van der Waals surface area contributed by atoms with Gasteiger partial charge in [-0.15, -0.1) is 0 Å². The van der Waals surface area contributed by atoms with Crippen molar-refractivity contribution in [1.82, 2.24) is 0 Å². The molecule has 0 bridgehead atoms. The van der Waals surface area contributed by atoms with Crippen LogP contribution < -0.4 is 4.74 Å². The number of benzene rings is 2. The highest BCUT2D eigenvalue weighted by atomic mass is 19.1. The van der Waals surface area contributed by atoms with Gasteiger partial charge in [0.2, 0.25) is 0 Å². The maximum atomic E-state index is 14.1. The lowest BCUT2D eigenvalue weighted by atomic mass is 9.80. The highest BCUT2D eigenvalue weighted by Gasteiger charge is 2.21. The molecule has 1 nitrogen and oxygen atoms in total. The van der Waals surface area contributed by atoms with Crippen LogP contribution in [0.2, 0.25) is 0 Å². The fraction of sp³-hybridized carbons (Fsp3) is 0.571. The highest BCUT2D eigenvalue weighted by molar-refractivity contribution is 5.65. The number of unbranched alkanes of at least 4 members (excludes halogenated alkanes) is 6. The van der Waals surface area contributed by atoms with E-state index >= 15 is 0 Å². The molecule has 0 atom stereocenters. The summed E-state index contributed by atoms with van der Waals surface area (Å²) < 4.78 is 33.2. The van der Waals surface area contributed by atoms with Crippen molar-refractivity contribution in [3.8, 4) is 16.9 Å². The van der Waals surface area contributed by atoms with Crippen molar-refractivity contribution in [3.63, 3.8) is 0 Å². The SMILES string of the molecule is CCCCCCCCC[C@H]1CC[C@H](COc2[c]ccc(-c3ccc(F)cc3F)c2)CC1. The molecular weight excluding hydrogens is 390 g/mol. The van der Waals surface area contributed by atoms with Crippen LogP contribution in [-0.2, 0) is 0 Å². The van der Waals surface area contributed by atoms with Crippen molar-refractivity contribution in [1.29, 1.82) is 0 Å². The zero-order chi connectivity index (χ0) is 21.9. The first-order valence-corrected chi connectivity index (χ1v) is 12.3. The number of ether oxygens (including phenoxy) is 1. The van der Waals surface area contributed by atoms with E-state index in [0.29, 0.717) is 29.4 Å². The molecule has 1 aliphatic carbocycles. The molecule has 1 fully saturated rings. The Hall–Kier alpha value is -1.90. The van der Waals surface area contributed by atoms with Crippen LogP contribution in [0.4, 0.5) is 8.78 Å². The minimum Gasteiger partial charge on any atom is -0.493 e.